The molecule has 1 saturated carbocycles. The summed E-state index contributed by atoms with van der Waals surface area (Å²) in [6.45, 7) is 0. The molecule has 0 saturated heterocycles. The Kier molecular flexibility index (Phi) is 4.34. The van der Waals surface area contributed by atoms with Crippen LogP contribution >= 0.6 is 0 Å². The molecular formula is C18H21FN6O. The molecule has 2 atom stereocenters. The van der Waals surface area contributed by atoms with E-state index in [4.69, 9.17) is 5.73 Å². The molecule has 0 amide bonds. The lowest BCUT2D eigenvalue weighted by Gasteiger charge is -2.29. The monoisotopic (exact) mass is 356 g/mol. The first-order chi connectivity index (χ1) is 12.6. The molecule has 1 aliphatic carbocycles. The highest BCUT2D eigenvalue weighted by Crippen LogP contribution is 2.32. The largest absolute Gasteiger partial charge is 0.494 e. The minimum atomic E-state index is -0.356. The summed E-state index contributed by atoms with van der Waals surface area (Å²) < 4.78 is 13.5. The normalized spacial score (nSPS) is 20.2. The first kappa shape index (κ1) is 16.6. The minimum Gasteiger partial charge on any atom is -0.494 e. The highest BCUT2D eigenvalue weighted by molar-refractivity contribution is 5.96. The number of hydrogen-bond donors (Lipinski definition) is 5. The average molecular weight is 356 g/mol. The van der Waals surface area contributed by atoms with Crippen LogP contribution in [0.5, 0.6) is 5.88 Å². The summed E-state index contributed by atoms with van der Waals surface area (Å²) in [5.41, 5.74) is 7.29. The van der Waals surface area contributed by atoms with Crippen molar-refractivity contribution in [3.8, 4) is 5.88 Å². The molecule has 2 heterocycles. The predicted octanol–water partition coefficient (Wildman–Crippen LogP) is 3.23. The van der Waals surface area contributed by atoms with E-state index in [0.29, 0.717) is 28.4 Å². The molecule has 4 rings (SSSR count). The van der Waals surface area contributed by atoms with Gasteiger partial charge in [0.1, 0.15) is 17.0 Å². The second kappa shape index (κ2) is 6.80. The van der Waals surface area contributed by atoms with Gasteiger partial charge in [-0.2, -0.15) is 4.98 Å². The molecule has 1 aliphatic rings. The Morgan fingerprint density at radius 3 is 2.88 bits per heavy atom. The van der Waals surface area contributed by atoms with Crippen LogP contribution in [0.4, 0.5) is 21.8 Å². The molecule has 0 spiro atoms. The van der Waals surface area contributed by atoms with Crippen molar-refractivity contribution in [2.24, 2.45) is 5.73 Å². The zero-order valence-corrected chi connectivity index (χ0v) is 14.2. The molecule has 0 bridgehead atoms. The number of nitrogens with zero attached hydrogens (tertiary/aromatic N) is 2. The van der Waals surface area contributed by atoms with E-state index in [2.05, 4.69) is 25.6 Å². The Balaban J connectivity index is 1.69. The van der Waals surface area contributed by atoms with Crippen LogP contribution in [0.15, 0.2) is 30.5 Å². The molecule has 0 aliphatic heterocycles. The number of hydrogen-bond acceptors (Lipinski definition) is 6. The summed E-state index contributed by atoms with van der Waals surface area (Å²) in [5, 5.41) is 16.9. The summed E-state index contributed by atoms with van der Waals surface area (Å²) in [5.74, 6) is 0.425. The van der Waals surface area contributed by atoms with Crippen LogP contribution in [0.25, 0.3) is 10.9 Å². The molecule has 2 aromatic heterocycles. The van der Waals surface area contributed by atoms with Crippen molar-refractivity contribution in [1.82, 2.24) is 15.0 Å². The van der Waals surface area contributed by atoms with Crippen molar-refractivity contribution < 1.29 is 9.50 Å². The third kappa shape index (κ3) is 3.28. The Morgan fingerprint density at radius 2 is 2.08 bits per heavy atom. The topological polar surface area (TPSA) is 112 Å². The van der Waals surface area contributed by atoms with Crippen molar-refractivity contribution in [3.63, 3.8) is 0 Å². The third-order valence-corrected chi connectivity index (χ3v) is 4.74. The number of anilines is 3. The van der Waals surface area contributed by atoms with Crippen LogP contribution < -0.4 is 16.4 Å². The lowest BCUT2D eigenvalue weighted by molar-refractivity contribution is 0.402. The van der Waals surface area contributed by atoms with Crippen LogP contribution in [0.3, 0.4) is 0 Å². The minimum absolute atomic E-state index is 0.0418. The molecule has 3 aromatic rings. The van der Waals surface area contributed by atoms with Crippen LogP contribution in [0, 0.1) is 5.82 Å². The van der Waals surface area contributed by atoms with E-state index in [1.165, 1.54) is 12.1 Å². The molecule has 136 valence electrons. The Bertz CT molecular complexity index is 927. The van der Waals surface area contributed by atoms with Crippen molar-refractivity contribution in [3.05, 3.63) is 36.3 Å². The van der Waals surface area contributed by atoms with Gasteiger partial charge in [0.25, 0.3) is 0 Å². The summed E-state index contributed by atoms with van der Waals surface area (Å²) in [6, 6.07) is 6.23. The van der Waals surface area contributed by atoms with Gasteiger partial charge in [-0.1, -0.05) is 18.9 Å². The van der Waals surface area contributed by atoms with E-state index in [-0.39, 0.29) is 23.8 Å². The van der Waals surface area contributed by atoms with Gasteiger partial charge in [0.15, 0.2) is 0 Å². The summed E-state index contributed by atoms with van der Waals surface area (Å²) >= 11 is 0. The predicted molar refractivity (Wildman–Crippen MR) is 99.1 cm³/mol. The van der Waals surface area contributed by atoms with Crippen LogP contribution in [0.2, 0.25) is 0 Å². The molecule has 6 N–H and O–H groups in total. The fraction of sp³-hybridized carbons (Fsp3) is 0.333. The fourth-order valence-electron chi connectivity index (χ4n) is 3.39. The van der Waals surface area contributed by atoms with Crippen molar-refractivity contribution in [1.29, 1.82) is 0 Å². The molecule has 26 heavy (non-hydrogen) atoms. The Morgan fingerprint density at radius 1 is 1.23 bits per heavy atom. The number of H-pyrrole nitrogens is 1. The number of benzene rings is 1. The number of halogens is 1. The fourth-order valence-corrected chi connectivity index (χ4v) is 3.39. The zero-order valence-electron chi connectivity index (χ0n) is 14.2. The zero-order chi connectivity index (χ0) is 18.1. The standard InChI is InChI=1S/C18H21FN6O/c19-10-4-3-5-11(8-10)22-16-15-14(9-21-17(15)26)24-18(25-16)23-13-7-2-1-6-12(13)20/h3-5,8-9,12-13,21,26H,1-2,6-7,20H2,(H2,22,23,24,25). The number of rotatable bonds is 4. The van der Waals surface area contributed by atoms with Crippen molar-refractivity contribution in [2.45, 2.75) is 37.8 Å². The molecule has 8 heteroatoms. The smallest absolute Gasteiger partial charge is 0.225 e. The van der Waals surface area contributed by atoms with Gasteiger partial charge in [0.2, 0.25) is 11.8 Å². The SMILES string of the molecule is NC1CCCCC1Nc1nc(Nc2cccc(F)c2)c2c(O)[nH]cc2n1. The van der Waals surface area contributed by atoms with Crippen LogP contribution in [-0.4, -0.2) is 32.1 Å². The Hall–Kier alpha value is -2.87. The van der Waals surface area contributed by atoms with E-state index < -0.39 is 0 Å². The molecule has 1 aromatic carbocycles. The highest BCUT2D eigenvalue weighted by Gasteiger charge is 2.23. The number of aromatic amines is 1. The Labute approximate surface area is 149 Å². The van der Waals surface area contributed by atoms with E-state index in [0.717, 1.165) is 25.7 Å². The maximum Gasteiger partial charge on any atom is 0.225 e. The summed E-state index contributed by atoms with van der Waals surface area (Å²) in [4.78, 5) is 11.7. The lowest BCUT2D eigenvalue weighted by atomic mass is 9.91. The van der Waals surface area contributed by atoms with E-state index >= 15 is 0 Å². The summed E-state index contributed by atoms with van der Waals surface area (Å²) in [7, 11) is 0. The van der Waals surface area contributed by atoms with Crippen molar-refractivity contribution in [2.75, 3.05) is 10.6 Å². The summed E-state index contributed by atoms with van der Waals surface area (Å²) in [6.07, 6.45) is 5.80. The first-order valence-corrected chi connectivity index (χ1v) is 8.73. The van der Waals surface area contributed by atoms with E-state index in [1.54, 1.807) is 18.3 Å². The highest BCUT2D eigenvalue weighted by atomic mass is 19.1. The maximum atomic E-state index is 13.5. The second-order valence-corrected chi connectivity index (χ2v) is 6.63. The third-order valence-electron chi connectivity index (χ3n) is 4.74. The number of nitrogens with two attached hydrogens (primary N) is 1. The van der Waals surface area contributed by atoms with E-state index in [1.807, 2.05) is 0 Å². The number of nitrogens with one attached hydrogen (secondary N) is 3. The van der Waals surface area contributed by atoms with Gasteiger partial charge in [-0.05, 0) is 31.0 Å². The lowest BCUT2D eigenvalue weighted by Crippen LogP contribution is -2.42. The average Bonchev–Trinajstić information content (AvgIpc) is 2.98. The molecule has 7 nitrogen and oxygen atoms in total. The van der Waals surface area contributed by atoms with E-state index in [9.17, 15) is 9.50 Å². The van der Waals surface area contributed by atoms with Gasteiger partial charge in [-0.15, -0.1) is 0 Å². The maximum absolute atomic E-state index is 13.5. The van der Waals surface area contributed by atoms with Gasteiger partial charge in [0.05, 0.1) is 5.52 Å². The van der Waals surface area contributed by atoms with Gasteiger partial charge in [-0.3, -0.25) is 0 Å². The van der Waals surface area contributed by atoms with Gasteiger partial charge >= 0.3 is 0 Å². The first-order valence-electron chi connectivity index (χ1n) is 8.73. The van der Waals surface area contributed by atoms with Crippen LogP contribution in [0.1, 0.15) is 25.7 Å². The molecule has 0 radical (unpaired) electrons. The van der Waals surface area contributed by atoms with Crippen LogP contribution in [-0.2, 0) is 0 Å². The molecular weight excluding hydrogens is 335 g/mol. The number of aromatic hydroxyl groups is 1. The van der Waals surface area contributed by atoms with Crippen molar-refractivity contribution >= 4 is 28.4 Å². The molecule has 1 fully saturated rings. The second-order valence-electron chi connectivity index (χ2n) is 6.63. The van der Waals surface area contributed by atoms with Gasteiger partial charge < -0.3 is 26.5 Å². The number of fused-ring (bicyclic) bond motifs is 1. The quantitative estimate of drug-likeness (QED) is 0.491. The molecule has 2 unspecified atom stereocenters. The van der Waals surface area contributed by atoms with Gasteiger partial charge in [-0.25, -0.2) is 9.37 Å². The number of aromatic nitrogens is 3. The van der Waals surface area contributed by atoms with Gasteiger partial charge in [0, 0.05) is 24.0 Å².